The highest BCUT2D eigenvalue weighted by Crippen LogP contribution is 2.25. The van der Waals surface area contributed by atoms with Crippen LogP contribution in [0.2, 0.25) is 0 Å². The zero-order valence-electron chi connectivity index (χ0n) is 15.6. The van der Waals surface area contributed by atoms with E-state index in [4.69, 9.17) is 4.74 Å². The molecule has 0 aromatic carbocycles. The SMILES string of the molecule is CCCc1cc(C(=O)N2CCC([C@@H](C)N3CCOCC3)CC2)ccn1. The van der Waals surface area contributed by atoms with Gasteiger partial charge in [-0.2, -0.15) is 0 Å². The van der Waals surface area contributed by atoms with E-state index in [1.54, 1.807) is 6.20 Å². The molecule has 5 nitrogen and oxygen atoms in total. The van der Waals surface area contributed by atoms with Crippen LogP contribution in [0.1, 0.15) is 49.2 Å². The maximum absolute atomic E-state index is 12.8. The molecule has 0 spiro atoms. The average molecular weight is 345 g/mol. The molecule has 5 heteroatoms. The maximum Gasteiger partial charge on any atom is 0.253 e. The Balaban J connectivity index is 1.54. The van der Waals surface area contributed by atoms with Gasteiger partial charge in [-0.15, -0.1) is 0 Å². The molecule has 2 aliphatic heterocycles. The van der Waals surface area contributed by atoms with Gasteiger partial charge in [-0.1, -0.05) is 13.3 Å². The van der Waals surface area contributed by atoms with Crippen molar-refractivity contribution >= 4 is 5.91 Å². The lowest BCUT2D eigenvalue weighted by atomic mass is 9.89. The highest BCUT2D eigenvalue weighted by Gasteiger charge is 2.30. The third-order valence-corrected chi connectivity index (χ3v) is 5.70. The third-order valence-electron chi connectivity index (χ3n) is 5.70. The Morgan fingerprint density at radius 2 is 2.00 bits per heavy atom. The number of morpholine rings is 1. The molecule has 0 bridgehead atoms. The number of rotatable bonds is 5. The summed E-state index contributed by atoms with van der Waals surface area (Å²) in [4.78, 5) is 21.7. The minimum Gasteiger partial charge on any atom is -0.379 e. The number of ether oxygens (including phenoxy) is 1. The molecule has 1 aromatic heterocycles. The molecule has 1 amide bonds. The Bertz CT molecular complexity index is 564. The van der Waals surface area contributed by atoms with Crippen molar-refractivity contribution in [2.45, 2.75) is 45.6 Å². The number of aryl methyl sites for hydroxylation is 1. The van der Waals surface area contributed by atoms with E-state index in [1.165, 1.54) is 0 Å². The summed E-state index contributed by atoms with van der Waals surface area (Å²) in [6.45, 7) is 9.99. The molecule has 0 aliphatic carbocycles. The molecule has 2 aliphatic rings. The van der Waals surface area contributed by atoms with E-state index in [-0.39, 0.29) is 5.91 Å². The van der Waals surface area contributed by atoms with Gasteiger partial charge in [0.05, 0.1) is 13.2 Å². The molecule has 1 atom stereocenters. The van der Waals surface area contributed by atoms with Gasteiger partial charge in [-0.3, -0.25) is 14.7 Å². The van der Waals surface area contributed by atoms with Crippen LogP contribution >= 0.6 is 0 Å². The minimum absolute atomic E-state index is 0.164. The van der Waals surface area contributed by atoms with E-state index in [0.29, 0.717) is 12.0 Å². The number of hydrogen-bond donors (Lipinski definition) is 0. The van der Waals surface area contributed by atoms with Crippen molar-refractivity contribution in [2.24, 2.45) is 5.92 Å². The van der Waals surface area contributed by atoms with Crippen molar-refractivity contribution in [3.63, 3.8) is 0 Å². The second-order valence-corrected chi connectivity index (χ2v) is 7.30. The molecule has 1 aromatic rings. The van der Waals surface area contributed by atoms with Crippen molar-refractivity contribution in [3.05, 3.63) is 29.6 Å². The first kappa shape index (κ1) is 18.3. The number of hydrogen-bond acceptors (Lipinski definition) is 4. The van der Waals surface area contributed by atoms with Gasteiger partial charge in [0.15, 0.2) is 0 Å². The van der Waals surface area contributed by atoms with E-state index in [1.807, 2.05) is 17.0 Å². The van der Waals surface area contributed by atoms with Crippen LogP contribution in [-0.4, -0.2) is 66.1 Å². The fourth-order valence-electron chi connectivity index (χ4n) is 4.05. The first-order valence-electron chi connectivity index (χ1n) is 9.75. The van der Waals surface area contributed by atoms with E-state index >= 15 is 0 Å². The Hall–Kier alpha value is -1.46. The number of aromatic nitrogens is 1. The molecule has 0 radical (unpaired) electrons. The van der Waals surface area contributed by atoms with E-state index in [9.17, 15) is 4.79 Å². The van der Waals surface area contributed by atoms with Gasteiger partial charge in [-0.25, -0.2) is 0 Å². The lowest BCUT2D eigenvalue weighted by molar-refractivity contribution is -0.000952. The van der Waals surface area contributed by atoms with Crippen LogP contribution in [0.5, 0.6) is 0 Å². The normalized spacial score (nSPS) is 21.3. The third kappa shape index (κ3) is 4.59. The highest BCUT2D eigenvalue weighted by molar-refractivity contribution is 5.94. The first-order chi connectivity index (χ1) is 12.2. The average Bonchev–Trinajstić information content (AvgIpc) is 2.68. The van der Waals surface area contributed by atoms with E-state index < -0.39 is 0 Å². The lowest BCUT2D eigenvalue weighted by Gasteiger charge is -2.41. The number of pyridine rings is 1. The van der Waals surface area contributed by atoms with E-state index in [2.05, 4.69) is 23.7 Å². The fourth-order valence-corrected chi connectivity index (χ4v) is 4.05. The number of amides is 1. The monoisotopic (exact) mass is 345 g/mol. The number of carbonyl (C=O) groups excluding carboxylic acids is 1. The second kappa shape index (κ2) is 8.77. The van der Waals surface area contributed by atoms with Gasteiger partial charge < -0.3 is 9.64 Å². The summed E-state index contributed by atoms with van der Waals surface area (Å²) in [5, 5.41) is 0. The summed E-state index contributed by atoms with van der Waals surface area (Å²) in [5.74, 6) is 0.840. The quantitative estimate of drug-likeness (QED) is 0.823. The fraction of sp³-hybridized carbons (Fsp3) is 0.700. The molecule has 0 saturated carbocycles. The lowest BCUT2D eigenvalue weighted by Crippen LogP contribution is -2.49. The summed E-state index contributed by atoms with van der Waals surface area (Å²) in [6, 6.07) is 4.40. The Morgan fingerprint density at radius 3 is 2.68 bits per heavy atom. The van der Waals surface area contributed by atoms with Crippen molar-refractivity contribution in [2.75, 3.05) is 39.4 Å². The van der Waals surface area contributed by atoms with Crippen LogP contribution in [0.4, 0.5) is 0 Å². The largest absolute Gasteiger partial charge is 0.379 e. The van der Waals surface area contributed by atoms with Crippen molar-refractivity contribution in [1.82, 2.24) is 14.8 Å². The molecule has 0 N–H and O–H groups in total. The van der Waals surface area contributed by atoms with E-state index in [0.717, 1.165) is 76.3 Å². The van der Waals surface area contributed by atoms with Gasteiger partial charge in [0, 0.05) is 49.7 Å². The molecule has 138 valence electrons. The summed E-state index contributed by atoms with van der Waals surface area (Å²) in [7, 11) is 0. The molecule has 3 heterocycles. The molecule has 2 saturated heterocycles. The Kier molecular flexibility index (Phi) is 6.43. The second-order valence-electron chi connectivity index (χ2n) is 7.30. The number of likely N-dealkylation sites (tertiary alicyclic amines) is 1. The number of piperidine rings is 1. The topological polar surface area (TPSA) is 45.7 Å². The molecule has 2 fully saturated rings. The molecular weight excluding hydrogens is 314 g/mol. The molecular formula is C20H31N3O2. The zero-order chi connectivity index (χ0) is 17.6. The molecule has 3 rings (SSSR count). The number of carbonyl (C=O) groups is 1. The van der Waals surface area contributed by atoms with Gasteiger partial charge in [0.25, 0.3) is 5.91 Å². The summed E-state index contributed by atoms with van der Waals surface area (Å²) < 4.78 is 5.46. The van der Waals surface area contributed by atoms with Gasteiger partial charge in [-0.05, 0) is 44.2 Å². The molecule has 0 unspecified atom stereocenters. The summed E-state index contributed by atoms with van der Waals surface area (Å²) >= 11 is 0. The Labute approximate surface area is 151 Å². The predicted octanol–water partition coefficient (Wildman–Crippen LogP) is 2.61. The van der Waals surface area contributed by atoms with Crippen molar-refractivity contribution in [1.29, 1.82) is 0 Å². The van der Waals surface area contributed by atoms with Gasteiger partial charge in [0.2, 0.25) is 0 Å². The highest BCUT2D eigenvalue weighted by atomic mass is 16.5. The van der Waals surface area contributed by atoms with Crippen molar-refractivity contribution in [3.8, 4) is 0 Å². The first-order valence-corrected chi connectivity index (χ1v) is 9.75. The van der Waals surface area contributed by atoms with Crippen LogP contribution in [0.15, 0.2) is 18.3 Å². The Morgan fingerprint density at radius 1 is 1.28 bits per heavy atom. The van der Waals surface area contributed by atoms with Crippen molar-refractivity contribution < 1.29 is 9.53 Å². The van der Waals surface area contributed by atoms with Crippen LogP contribution in [0.25, 0.3) is 0 Å². The maximum atomic E-state index is 12.8. The van der Waals surface area contributed by atoms with Crippen LogP contribution in [0.3, 0.4) is 0 Å². The minimum atomic E-state index is 0.164. The zero-order valence-corrected chi connectivity index (χ0v) is 15.6. The van der Waals surface area contributed by atoms with Crippen LogP contribution in [0, 0.1) is 5.92 Å². The number of nitrogens with zero attached hydrogens (tertiary/aromatic N) is 3. The predicted molar refractivity (Wildman–Crippen MR) is 98.7 cm³/mol. The smallest absolute Gasteiger partial charge is 0.253 e. The molecule has 25 heavy (non-hydrogen) atoms. The van der Waals surface area contributed by atoms with Crippen LogP contribution in [-0.2, 0) is 11.2 Å². The summed E-state index contributed by atoms with van der Waals surface area (Å²) in [6.07, 6.45) is 5.94. The van der Waals surface area contributed by atoms with Gasteiger partial charge in [0.1, 0.15) is 0 Å². The van der Waals surface area contributed by atoms with Gasteiger partial charge >= 0.3 is 0 Å². The summed E-state index contributed by atoms with van der Waals surface area (Å²) in [5.41, 5.74) is 1.81. The van der Waals surface area contributed by atoms with Crippen LogP contribution < -0.4 is 0 Å². The standard InChI is InChI=1S/C20H31N3O2/c1-3-4-19-15-18(5-8-21-19)20(24)23-9-6-17(7-10-23)16(2)22-11-13-25-14-12-22/h5,8,15-17H,3-4,6-7,9-14H2,1-2H3/t16-/m1/s1.